The predicted octanol–water partition coefficient (Wildman–Crippen LogP) is 5.34. The van der Waals surface area contributed by atoms with Crippen molar-refractivity contribution in [2.75, 3.05) is 13.1 Å². The Balaban J connectivity index is 1.75. The van der Waals surface area contributed by atoms with Crippen LogP contribution in [0.15, 0.2) is 24.4 Å². The van der Waals surface area contributed by atoms with Crippen LogP contribution in [0.25, 0.3) is 10.6 Å². The molecule has 2 atom stereocenters. The molecule has 2 aromatic rings. The molecular weight excluding hydrogens is 380 g/mol. The number of aliphatic carboxylic acids is 1. The first-order chi connectivity index (χ1) is 12.6. The Morgan fingerprint density at radius 1 is 1.37 bits per heavy atom. The predicted molar refractivity (Wildman–Crippen MR) is 111 cm³/mol. The Morgan fingerprint density at radius 3 is 2.74 bits per heavy atom. The van der Waals surface area contributed by atoms with E-state index in [-0.39, 0.29) is 11.3 Å². The normalized spacial score (nSPS) is 21.4. The smallest absolute Gasteiger partial charge is 0.307 e. The Kier molecular flexibility index (Phi) is 5.94. The number of thiophene rings is 1. The molecule has 0 radical (unpaired) electrons. The number of nitrogens with zero attached hydrogens (tertiary/aromatic N) is 2. The summed E-state index contributed by atoms with van der Waals surface area (Å²) in [5.41, 5.74) is 1.96. The lowest BCUT2D eigenvalue weighted by atomic mass is 9.73. The highest BCUT2D eigenvalue weighted by Gasteiger charge is 2.37. The van der Waals surface area contributed by atoms with Crippen LogP contribution >= 0.6 is 22.9 Å². The zero-order valence-corrected chi connectivity index (χ0v) is 17.9. The third kappa shape index (κ3) is 4.89. The van der Waals surface area contributed by atoms with Crippen LogP contribution < -0.4 is 0 Å². The number of halogens is 1. The summed E-state index contributed by atoms with van der Waals surface area (Å²) >= 11 is 7.93. The second-order valence-electron chi connectivity index (χ2n) is 8.61. The first kappa shape index (κ1) is 20.3. The molecule has 0 saturated carbocycles. The summed E-state index contributed by atoms with van der Waals surface area (Å²) in [7, 11) is 0. The van der Waals surface area contributed by atoms with Crippen LogP contribution in [0.4, 0.5) is 0 Å². The Labute approximate surface area is 170 Å². The molecular formula is C21H27ClN2O2S. The molecule has 1 N–H and O–H groups in total. The zero-order valence-electron chi connectivity index (χ0n) is 16.3. The van der Waals surface area contributed by atoms with Gasteiger partial charge in [-0.2, -0.15) is 0 Å². The number of rotatable bonds is 4. The van der Waals surface area contributed by atoms with Crippen LogP contribution in [-0.4, -0.2) is 34.0 Å². The lowest BCUT2D eigenvalue weighted by molar-refractivity contribution is -0.145. The number of likely N-dealkylation sites (tertiary alicyclic amines) is 1. The van der Waals surface area contributed by atoms with Crippen molar-refractivity contribution in [1.29, 1.82) is 0 Å². The molecule has 27 heavy (non-hydrogen) atoms. The van der Waals surface area contributed by atoms with Crippen molar-refractivity contribution in [3.63, 3.8) is 0 Å². The van der Waals surface area contributed by atoms with Crippen molar-refractivity contribution in [3.05, 3.63) is 39.9 Å². The van der Waals surface area contributed by atoms with Gasteiger partial charge in [0.2, 0.25) is 0 Å². The molecule has 1 saturated heterocycles. The summed E-state index contributed by atoms with van der Waals surface area (Å²) in [6.45, 7) is 10.9. The summed E-state index contributed by atoms with van der Waals surface area (Å²) in [5, 5.41) is 10.3. The van der Waals surface area contributed by atoms with Crippen molar-refractivity contribution in [1.82, 2.24) is 9.88 Å². The van der Waals surface area contributed by atoms with Crippen LogP contribution in [-0.2, 0) is 11.3 Å². The van der Waals surface area contributed by atoms with E-state index in [0.717, 1.165) is 40.7 Å². The lowest BCUT2D eigenvalue weighted by Gasteiger charge is -2.42. The van der Waals surface area contributed by atoms with Gasteiger partial charge in [-0.15, -0.1) is 11.3 Å². The molecule has 1 fully saturated rings. The molecule has 3 heterocycles. The van der Waals surface area contributed by atoms with Gasteiger partial charge in [0.15, 0.2) is 0 Å². The van der Waals surface area contributed by atoms with Crippen molar-refractivity contribution < 1.29 is 9.90 Å². The van der Waals surface area contributed by atoms with E-state index < -0.39 is 5.97 Å². The minimum absolute atomic E-state index is 0.107. The summed E-state index contributed by atoms with van der Waals surface area (Å²) in [6, 6.07) is 6.10. The molecule has 6 heteroatoms. The first-order valence-corrected chi connectivity index (χ1v) is 10.5. The number of carbonyl (C=O) groups is 1. The van der Waals surface area contributed by atoms with Crippen LogP contribution in [0.3, 0.4) is 0 Å². The molecule has 3 rings (SSSR count). The van der Waals surface area contributed by atoms with Gasteiger partial charge >= 0.3 is 5.97 Å². The van der Waals surface area contributed by atoms with Crippen LogP contribution in [0.2, 0.25) is 5.02 Å². The van der Waals surface area contributed by atoms with E-state index in [0.29, 0.717) is 12.5 Å². The fourth-order valence-electron chi connectivity index (χ4n) is 3.58. The van der Waals surface area contributed by atoms with Gasteiger partial charge in [0.25, 0.3) is 0 Å². The van der Waals surface area contributed by atoms with Gasteiger partial charge in [0.1, 0.15) is 0 Å². The lowest BCUT2D eigenvalue weighted by Crippen LogP contribution is -2.46. The third-order valence-electron chi connectivity index (χ3n) is 5.43. The Morgan fingerprint density at radius 2 is 2.11 bits per heavy atom. The van der Waals surface area contributed by atoms with Crippen molar-refractivity contribution in [3.8, 4) is 10.6 Å². The molecule has 0 bridgehead atoms. The maximum Gasteiger partial charge on any atom is 0.307 e. The number of hydrogen-bond acceptors (Lipinski definition) is 4. The molecule has 0 aliphatic carbocycles. The summed E-state index contributed by atoms with van der Waals surface area (Å²) in [4.78, 5) is 20.7. The quantitative estimate of drug-likeness (QED) is 0.744. The van der Waals surface area contributed by atoms with Crippen molar-refractivity contribution >= 4 is 28.9 Å². The molecule has 2 unspecified atom stereocenters. The van der Waals surface area contributed by atoms with E-state index in [1.165, 1.54) is 4.88 Å². The molecule has 0 aromatic carbocycles. The number of carboxylic acids is 1. The van der Waals surface area contributed by atoms with Crippen molar-refractivity contribution in [2.45, 2.75) is 40.7 Å². The van der Waals surface area contributed by atoms with E-state index in [1.807, 2.05) is 13.0 Å². The second-order valence-corrected chi connectivity index (χ2v) is 10.2. The number of pyridine rings is 1. The fraction of sp³-hybridized carbons (Fsp3) is 0.524. The molecule has 1 aliphatic heterocycles. The van der Waals surface area contributed by atoms with E-state index >= 15 is 0 Å². The average Bonchev–Trinajstić information content (AvgIpc) is 3.04. The van der Waals surface area contributed by atoms with Crippen molar-refractivity contribution in [2.24, 2.45) is 17.3 Å². The van der Waals surface area contributed by atoms with Crippen LogP contribution in [0.5, 0.6) is 0 Å². The SMILES string of the molecule is Cc1cnc(-c2ccc(CN3CC(C(=O)O)CC(C(C)(C)C)C3)s2)cc1Cl. The van der Waals surface area contributed by atoms with Gasteiger partial charge in [0, 0.05) is 35.7 Å². The Hall–Kier alpha value is -1.43. The highest BCUT2D eigenvalue weighted by Crippen LogP contribution is 2.37. The standard InChI is InChI=1S/C21H27ClN2O2S/c1-13-9-23-18(8-17(13)22)19-6-5-16(27-19)12-24-10-14(20(25)26)7-15(11-24)21(2,3)4/h5-6,8-9,14-15H,7,10-12H2,1-4H3,(H,25,26). The summed E-state index contributed by atoms with van der Waals surface area (Å²) in [6.07, 6.45) is 2.56. The average molecular weight is 407 g/mol. The third-order valence-corrected chi connectivity index (χ3v) is 6.93. The minimum atomic E-state index is -0.681. The zero-order chi connectivity index (χ0) is 19.8. The van der Waals surface area contributed by atoms with Gasteiger partial charge in [-0.25, -0.2) is 0 Å². The highest BCUT2D eigenvalue weighted by molar-refractivity contribution is 7.15. The number of carboxylic acid groups (broad SMARTS) is 1. The molecule has 2 aromatic heterocycles. The minimum Gasteiger partial charge on any atom is -0.481 e. The van der Waals surface area contributed by atoms with Gasteiger partial charge in [-0.1, -0.05) is 32.4 Å². The number of aryl methyl sites for hydroxylation is 1. The highest BCUT2D eigenvalue weighted by atomic mass is 35.5. The maximum atomic E-state index is 11.6. The van der Waals surface area contributed by atoms with Crippen LogP contribution in [0, 0.1) is 24.2 Å². The molecule has 146 valence electrons. The van der Waals surface area contributed by atoms with E-state index in [4.69, 9.17) is 11.6 Å². The second kappa shape index (κ2) is 7.90. The summed E-state index contributed by atoms with van der Waals surface area (Å²) < 4.78 is 0. The first-order valence-electron chi connectivity index (χ1n) is 9.30. The molecule has 0 spiro atoms. The van der Waals surface area contributed by atoms with Gasteiger partial charge in [-0.05, 0) is 48.4 Å². The van der Waals surface area contributed by atoms with E-state index in [9.17, 15) is 9.90 Å². The largest absolute Gasteiger partial charge is 0.481 e. The van der Waals surface area contributed by atoms with Crippen LogP contribution in [0.1, 0.15) is 37.6 Å². The molecule has 1 aliphatic rings. The number of hydrogen-bond donors (Lipinski definition) is 1. The number of aromatic nitrogens is 1. The monoisotopic (exact) mass is 406 g/mol. The maximum absolute atomic E-state index is 11.6. The fourth-order valence-corrected chi connectivity index (χ4v) is 4.75. The topological polar surface area (TPSA) is 53.4 Å². The van der Waals surface area contributed by atoms with E-state index in [1.54, 1.807) is 17.5 Å². The Bertz CT molecular complexity index is 828. The van der Waals surface area contributed by atoms with E-state index in [2.05, 4.69) is 42.8 Å². The summed E-state index contributed by atoms with van der Waals surface area (Å²) in [5.74, 6) is -0.594. The molecule has 0 amide bonds. The molecule has 4 nitrogen and oxygen atoms in total. The number of piperidine rings is 1. The van der Waals surface area contributed by atoms with Gasteiger partial charge in [0.05, 0.1) is 16.5 Å². The van der Waals surface area contributed by atoms with Gasteiger partial charge < -0.3 is 5.11 Å². The van der Waals surface area contributed by atoms with Gasteiger partial charge in [-0.3, -0.25) is 14.7 Å².